The van der Waals surface area contributed by atoms with Crippen LogP contribution in [0.1, 0.15) is 0 Å². The zero-order valence-corrected chi connectivity index (χ0v) is 13.2. The van der Waals surface area contributed by atoms with Crippen LogP contribution < -0.4 is 4.74 Å². The van der Waals surface area contributed by atoms with Crippen molar-refractivity contribution in [2.45, 2.75) is 10.4 Å². The van der Waals surface area contributed by atoms with Gasteiger partial charge in [0.15, 0.2) is 0 Å². The first-order valence-electron chi connectivity index (χ1n) is 6.84. The summed E-state index contributed by atoms with van der Waals surface area (Å²) < 4.78 is 68.7. The number of alkyl halides is 3. The Labute approximate surface area is 140 Å². The standard InChI is InChI=1S/C15H10F3N3O3S/c16-15(17,18)25(22,23)14-7-2-1-6-13(14)24-12-5-3-4-11(10-12)21-9-8-19-20-21/h1-10H. The molecule has 3 rings (SSSR count). The fourth-order valence-electron chi connectivity index (χ4n) is 2.04. The number of hydrogen-bond donors (Lipinski definition) is 0. The van der Waals surface area contributed by atoms with Crippen molar-refractivity contribution in [3.05, 3.63) is 60.9 Å². The number of halogens is 3. The normalized spacial score (nSPS) is 12.1. The molecule has 3 aromatic rings. The van der Waals surface area contributed by atoms with Crippen LogP contribution in [0.25, 0.3) is 5.69 Å². The topological polar surface area (TPSA) is 74.1 Å². The summed E-state index contributed by atoms with van der Waals surface area (Å²) in [4.78, 5) is -0.950. The third-order valence-electron chi connectivity index (χ3n) is 3.18. The third kappa shape index (κ3) is 3.33. The van der Waals surface area contributed by atoms with Crippen molar-refractivity contribution in [3.63, 3.8) is 0 Å². The number of rotatable bonds is 4. The van der Waals surface area contributed by atoms with E-state index in [0.717, 1.165) is 12.1 Å². The van der Waals surface area contributed by atoms with Gasteiger partial charge in [-0.1, -0.05) is 23.4 Å². The van der Waals surface area contributed by atoms with Crippen LogP contribution >= 0.6 is 0 Å². The largest absolute Gasteiger partial charge is 0.502 e. The van der Waals surface area contributed by atoms with Gasteiger partial charge in [-0.25, -0.2) is 13.1 Å². The van der Waals surface area contributed by atoms with E-state index in [1.54, 1.807) is 18.3 Å². The number of benzene rings is 2. The molecule has 2 aromatic carbocycles. The maximum absolute atomic E-state index is 12.8. The lowest BCUT2D eigenvalue weighted by atomic mass is 10.3. The Morgan fingerprint density at radius 3 is 2.48 bits per heavy atom. The van der Waals surface area contributed by atoms with Crippen LogP contribution in [0.5, 0.6) is 11.5 Å². The van der Waals surface area contributed by atoms with E-state index >= 15 is 0 Å². The molecule has 6 nitrogen and oxygen atoms in total. The van der Waals surface area contributed by atoms with Crippen molar-refractivity contribution in [2.75, 3.05) is 0 Å². The molecule has 0 bridgehead atoms. The van der Waals surface area contributed by atoms with Crippen LogP contribution in [0.3, 0.4) is 0 Å². The molecule has 0 fully saturated rings. The summed E-state index contributed by atoms with van der Waals surface area (Å²) in [6.45, 7) is 0. The van der Waals surface area contributed by atoms with Gasteiger partial charge in [-0.2, -0.15) is 13.2 Å². The van der Waals surface area contributed by atoms with Gasteiger partial charge in [0, 0.05) is 6.07 Å². The zero-order valence-electron chi connectivity index (χ0n) is 12.4. The van der Waals surface area contributed by atoms with Gasteiger partial charge >= 0.3 is 5.51 Å². The molecule has 0 radical (unpaired) electrons. The number of sulfone groups is 1. The van der Waals surface area contributed by atoms with Gasteiger partial charge in [-0.05, 0) is 24.3 Å². The average Bonchev–Trinajstić information content (AvgIpc) is 3.09. The van der Waals surface area contributed by atoms with E-state index in [-0.39, 0.29) is 5.75 Å². The van der Waals surface area contributed by atoms with E-state index in [0.29, 0.717) is 5.69 Å². The van der Waals surface area contributed by atoms with Crippen LogP contribution in [0.4, 0.5) is 13.2 Å². The Balaban J connectivity index is 1.99. The first kappa shape index (κ1) is 17.0. The highest BCUT2D eigenvalue weighted by molar-refractivity contribution is 7.92. The summed E-state index contributed by atoms with van der Waals surface area (Å²) in [6.07, 6.45) is 3.03. The minimum absolute atomic E-state index is 0.151. The Morgan fingerprint density at radius 1 is 1.04 bits per heavy atom. The number of para-hydroxylation sites is 1. The summed E-state index contributed by atoms with van der Waals surface area (Å²) in [5, 5.41) is 7.44. The van der Waals surface area contributed by atoms with Crippen LogP contribution in [0, 0.1) is 0 Å². The SMILES string of the molecule is O=S(=O)(c1ccccc1Oc1cccc(-n2ccnn2)c1)C(F)(F)F. The van der Waals surface area contributed by atoms with Crippen molar-refractivity contribution in [3.8, 4) is 17.2 Å². The number of hydrogen-bond acceptors (Lipinski definition) is 5. The molecule has 0 unspecified atom stereocenters. The zero-order chi connectivity index (χ0) is 18.1. The minimum atomic E-state index is -5.53. The van der Waals surface area contributed by atoms with Crippen LogP contribution in [0.2, 0.25) is 0 Å². The van der Waals surface area contributed by atoms with Crippen LogP contribution in [-0.2, 0) is 9.84 Å². The average molecular weight is 369 g/mol. The monoisotopic (exact) mass is 369 g/mol. The van der Waals surface area contributed by atoms with Crippen molar-refractivity contribution in [2.24, 2.45) is 0 Å². The van der Waals surface area contributed by atoms with Crippen molar-refractivity contribution < 1.29 is 26.3 Å². The number of nitrogens with zero attached hydrogens (tertiary/aromatic N) is 3. The molecule has 0 amide bonds. The van der Waals surface area contributed by atoms with E-state index < -0.39 is 26.0 Å². The number of aromatic nitrogens is 3. The minimum Gasteiger partial charge on any atom is -0.456 e. The molecular weight excluding hydrogens is 359 g/mol. The molecule has 25 heavy (non-hydrogen) atoms. The van der Waals surface area contributed by atoms with Gasteiger partial charge in [0.2, 0.25) is 0 Å². The Hall–Kier alpha value is -2.88. The molecule has 0 aliphatic carbocycles. The molecule has 10 heteroatoms. The Bertz CT molecular complexity index is 987. The summed E-state index contributed by atoms with van der Waals surface area (Å²) in [5.74, 6) is -0.270. The molecule has 130 valence electrons. The van der Waals surface area contributed by atoms with Gasteiger partial charge in [0.1, 0.15) is 16.4 Å². The lowest BCUT2D eigenvalue weighted by Gasteiger charge is -2.13. The van der Waals surface area contributed by atoms with E-state index in [2.05, 4.69) is 10.3 Å². The molecule has 0 N–H and O–H groups in total. The second kappa shape index (κ2) is 6.20. The molecule has 0 saturated carbocycles. The molecule has 0 saturated heterocycles. The second-order valence-electron chi connectivity index (χ2n) is 4.84. The van der Waals surface area contributed by atoms with E-state index in [1.807, 2.05) is 0 Å². The van der Waals surface area contributed by atoms with Crippen molar-refractivity contribution in [1.29, 1.82) is 0 Å². The van der Waals surface area contributed by atoms with Crippen LogP contribution in [-0.4, -0.2) is 28.9 Å². The van der Waals surface area contributed by atoms with Crippen molar-refractivity contribution in [1.82, 2.24) is 15.0 Å². The van der Waals surface area contributed by atoms with E-state index in [4.69, 9.17) is 4.74 Å². The molecule has 1 heterocycles. The van der Waals surface area contributed by atoms with Crippen LogP contribution in [0.15, 0.2) is 65.8 Å². The summed E-state index contributed by atoms with van der Waals surface area (Å²) in [5.41, 5.74) is -4.87. The first-order valence-corrected chi connectivity index (χ1v) is 8.32. The second-order valence-corrected chi connectivity index (χ2v) is 6.75. The summed E-state index contributed by atoms with van der Waals surface area (Å²) in [7, 11) is -5.53. The number of ether oxygens (including phenoxy) is 1. The lowest BCUT2D eigenvalue weighted by molar-refractivity contribution is -0.0436. The highest BCUT2D eigenvalue weighted by Crippen LogP contribution is 2.37. The molecule has 0 atom stereocenters. The smallest absolute Gasteiger partial charge is 0.456 e. The highest BCUT2D eigenvalue weighted by Gasteiger charge is 2.48. The van der Waals surface area contributed by atoms with Gasteiger partial charge < -0.3 is 4.74 Å². The van der Waals surface area contributed by atoms with Crippen molar-refractivity contribution >= 4 is 9.84 Å². The van der Waals surface area contributed by atoms with E-state index in [1.165, 1.54) is 35.1 Å². The van der Waals surface area contributed by atoms with Gasteiger partial charge in [0.05, 0.1) is 18.1 Å². The molecular formula is C15H10F3N3O3S. The Kier molecular flexibility index (Phi) is 4.21. The summed E-state index contributed by atoms with van der Waals surface area (Å²) >= 11 is 0. The fraction of sp³-hybridized carbons (Fsp3) is 0.0667. The van der Waals surface area contributed by atoms with Gasteiger partial charge in [0.25, 0.3) is 9.84 Å². The fourth-order valence-corrected chi connectivity index (χ4v) is 2.93. The first-order chi connectivity index (χ1) is 11.8. The van der Waals surface area contributed by atoms with E-state index in [9.17, 15) is 21.6 Å². The highest BCUT2D eigenvalue weighted by atomic mass is 32.2. The quantitative estimate of drug-likeness (QED) is 0.705. The van der Waals surface area contributed by atoms with Gasteiger partial charge in [-0.15, -0.1) is 5.10 Å². The molecule has 1 aromatic heterocycles. The molecule has 0 aliphatic rings. The lowest BCUT2D eigenvalue weighted by Crippen LogP contribution is -2.23. The third-order valence-corrected chi connectivity index (χ3v) is 4.70. The predicted octanol–water partition coefficient (Wildman–Crippen LogP) is 3.35. The Morgan fingerprint density at radius 2 is 1.80 bits per heavy atom. The maximum Gasteiger partial charge on any atom is 0.502 e. The molecule has 0 aliphatic heterocycles. The maximum atomic E-state index is 12.8. The molecule has 0 spiro atoms. The van der Waals surface area contributed by atoms with Gasteiger partial charge in [-0.3, -0.25) is 0 Å². The summed E-state index contributed by atoms with van der Waals surface area (Å²) in [6, 6.07) is 10.8. The predicted molar refractivity (Wildman–Crippen MR) is 81.1 cm³/mol.